The zero-order chi connectivity index (χ0) is 17.7. The Morgan fingerprint density at radius 3 is 2.58 bits per heavy atom. The lowest BCUT2D eigenvalue weighted by Gasteiger charge is -2.32. The molecular formula is C20H27ClN2O. The first-order valence-corrected chi connectivity index (χ1v) is 8.98. The lowest BCUT2D eigenvalue weighted by Crippen LogP contribution is -2.41. The number of amides is 1. The van der Waals surface area contributed by atoms with E-state index in [-0.39, 0.29) is 11.9 Å². The quantitative estimate of drug-likeness (QED) is 0.694. The van der Waals surface area contributed by atoms with E-state index in [1.807, 2.05) is 36.1 Å². The predicted molar refractivity (Wildman–Crippen MR) is 100 cm³/mol. The van der Waals surface area contributed by atoms with Gasteiger partial charge in [-0.15, -0.1) is 0 Å². The van der Waals surface area contributed by atoms with Gasteiger partial charge in [-0.25, -0.2) is 0 Å². The zero-order valence-electron chi connectivity index (χ0n) is 15.0. The molecule has 1 aromatic carbocycles. The van der Waals surface area contributed by atoms with Crippen LogP contribution in [0.3, 0.4) is 0 Å². The molecule has 2 aromatic rings. The van der Waals surface area contributed by atoms with E-state index in [2.05, 4.69) is 43.7 Å². The van der Waals surface area contributed by atoms with E-state index in [1.54, 1.807) is 0 Å². The van der Waals surface area contributed by atoms with Gasteiger partial charge in [0, 0.05) is 35.9 Å². The summed E-state index contributed by atoms with van der Waals surface area (Å²) in [6.07, 6.45) is 2.59. The highest BCUT2D eigenvalue weighted by Crippen LogP contribution is 2.18. The standard InChI is InChI=1S/C20H27ClN2O/c1-5-20(24)23(16(4)15(2)3)14-19-10-7-11-22(19)13-17-8-6-9-18(21)12-17/h6-12,15-16H,5,13-14H2,1-4H3/t16-/m0/s1. The van der Waals surface area contributed by atoms with Crippen molar-refractivity contribution in [3.05, 3.63) is 58.9 Å². The van der Waals surface area contributed by atoms with Crippen LogP contribution in [0.25, 0.3) is 0 Å². The minimum absolute atomic E-state index is 0.201. The fourth-order valence-electron chi connectivity index (χ4n) is 2.78. The van der Waals surface area contributed by atoms with Gasteiger partial charge in [0.05, 0.1) is 6.54 Å². The van der Waals surface area contributed by atoms with Gasteiger partial charge in [-0.1, -0.05) is 44.5 Å². The molecule has 0 bridgehead atoms. The van der Waals surface area contributed by atoms with E-state index in [0.29, 0.717) is 18.9 Å². The summed E-state index contributed by atoms with van der Waals surface area (Å²) >= 11 is 6.08. The number of carbonyl (C=O) groups excluding carboxylic acids is 1. The Morgan fingerprint density at radius 2 is 1.96 bits per heavy atom. The van der Waals surface area contributed by atoms with Crippen LogP contribution in [0, 0.1) is 5.92 Å². The summed E-state index contributed by atoms with van der Waals surface area (Å²) < 4.78 is 2.19. The topological polar surface area (TPSA) is 25.2 Å². The highest BCUT2D eigenvalue weighted by atomic mass is 35.5. The molecule has 3 nitrogen and oxygen atoms in total. The normalized spacial score (nSPS) is 12.4. The van der Waals surface area contributed by atoms with Crippen molar-refractivity contribution in [2.45, 2.75) is 53.2 Å². The molecule has 0 saturated carbocycles. The summed E-state index contributed by atoms with van der Waals surface area (Å²) in [5.41, 5.74) is 2.30. The van der Waals surface area contributed by atoms with Crippen molar-refractivity contribution in [2.24, 2.45) is 5.92 Å². The first-order chi connectivity index (χ1) is 11.4. The Bertz CT molecular complexity index is 678. The van der Waals surface area contributed by atoms with Crippen LogP contribution in [0.5, 0.6) is 0 Å². The van der Waals surface area contributed by atoms with Crippen LogP contribution in [0.4, 0.5) is 0 Å². The molecule has 4 heteroatoms. The zero-order valence-corrected chi connectivity index (χ0v) is 15.8. The molecular weight excluding hydrogens is 320 g/mol. The molecule has 0 N–H and O–H groups in total. The van der Waals surface area contributed by atoms with Gasteiger partial charge in [0.25, 0.3) is 0 Å². The molecule has 1 heterocycles. The number of halogens is 1. The largest absolute Gasteiger partial charge is 0.345 e. The Labute approximate surface area is 150 Å². The SMILES string of the molecule is CCC(=O)N(Cc1cccn1Cc1cccc(Cl)c1)[C@@H](C)C(C)C. The maximum absolute atomic E-state index is 12.4. The Hall–Kier alpha value is -1.74. The lowest BCUT2D eigenvalue weighted by atomic mass is 10.0. The third-order valence-electron chi connectivity index (χ3n) is 4.58. The van der Waals surface area contributed by atoms with Crippen molar-refractivity contribution in [1.82, 2.24) is 9.47 Å². The molecule has 0 spiro atoms. The Kier molecular flexibility index (Phi) is 6.50. The summed E-state index contributed by atoms with van der Waals surface area (Å²) in [7, 11) is 0. The van der Waals surface area contributed by atoms with Gasteiger partial charge in [-0.2, -0.15) is 0 Å². The van der Waals surface area contributed by atoms with E-state index >= 15 is 0 Å². The maximum Gasteiger partial charge on any atom is 0.222 e. The Morgan fingerprint density at radius 1 is 1.21 bits per heavy atom. The molecule has 0 aliphatic carbocycles. The molecule has 130 valence electrons. The number of nitrogens with zero attached hydrogens (tertiary/aromatic N) is 2. The van der Waals surface area contributed by atoms with Gasteiger partial charge in [-0.3, -0.25) is 4.79 Å². The smallest absolute Gasteiger partial charge is 0.222 e. The number of rotatable bonds is 7. The predicted octanol–water partition coefficient (Wildman–Crippen LogP) is 4.97. The van der Waals surface area contributed by atoms with Crippen molar-refractivity contribution in [3.63, 3.8) is 0 Å². The molecule has 1 aromatic heterocycles. The molecule has 0 aliphatic rings. The molecule has 0 saturated heterocycles. The molecule has 2 rings (SSSR count). The molecule has 1 atom stereocenters. The van der Waals surface area contributed by atoms with Gasteiger partial charge in [-0.05, 0) is 42.7 Å². The monoisotopic (exact) mass is 346 g/mol. The van der Waals surface area contributed by atoms with Crippen molar-refractivity contribution >= 4 is 17.5 Å². The fraction of sp³-hybridized carbons (Fsp3) is 0.450. The van der Waals surface area contributed by atoms with E-state index in [4.69, 9.17) is 11.6 Å². The average molecular weight is 347 g/mol. The van der Waals surface area contributed by atoms with Crippen LogP contribution in [0.15, 0.2) is 42.6 Å². The van der Waals surface area contributed by atoms with Crippen molar-refractivity contribution in [3.8, 4) is 0 Å². The van der Waals surface area contributed by atoms with Crippen molar-refractivity contribution in [2.75, 3.05) is 0 Å². The van der Waals surface area contributed by atoms with Gasteiger partial charge in [0.1, 0.15) is 0 Å². The van der Waals surface area contributed by atoms with E-state index in [0.717, 1.165) is 22.8 Å². The fourth-order valence-corrected chi connectivity index (χ4v) is 2.99. The second kappa shape index (κ2) is 8.39. The molecule has 0 unspecified atom stereocenters. The summed E-state index contributed by atoms with van der Waals surface area (Å²) in [6.45, 7) is 9.76. The molecule has 0 fully saturated rings. The van der Waals surface area contributed by atoms with Crippen molar-refractivity contribution < 1.29 is 4.79 Å². The number of hydrogen-bond acceptors (Lipinski definition) is 1. The van der Waals surface area contributed by atoms with Crippen LogP contribution in [-0.2, 0) is 17.9 Å². The number of carbonyl (C=O) groups is 1. The summed E-state index contributed by atoms with van der Waals surface area (Å²) in [6, 6.07) is 12.2. The van der Waals surface area contributed by atoms with Crippen LogP contribution >= 0.6 is 11.6 Å². The Balaban J connectivity index is 2.20. The first-order valence-electron chi connectivity index (χ1n) is 8.60. The van der Waals surface area contributed by atoms with Crippen LogP contribution in [-0.4, -0.2) is 21.4 Å². The second-order valence-electron chi connectivity index (χ2n) is 6.62. The van der Waals surface area contributed by atoms with Gasteiger partial charge in [0.2, 0.25) is 5.91 Å². The van der Waals surface area contributed by atoms with E-state index in [9.17, 15) is 4.79 Å². The first kappa shape index (κ1) is 18.6. The van der Waals surface area contributed by atoms with E-state index in [1.165, 1.54) is 0 Å². The number of aromatic nitrogens is 1. The summed E-state index contributed by atoms with van der Waals surface area (Å²) in [5, 5.41) is 0.748. The number of benzene rings is 1. The van der Waals surface area contributed by atoms with E-state index < -0.39 is 0 Å². The van der Waals surface area contributed by atoms with Crippen LogP contribution in [0.1, 0.15) is 45.4 Å². The third kappa shape index (κ3) is 4.64. The molecule has 0 aliphatic heterocycles. The number of hydrogen-bond donors (Lipinski definition) is 0. The highest BCUT2D eigenvalue weighted by molar-refractivity contribution is 6.30. The summed E-state index contributed by atoms with van der Waals surface area (Å²) in [5.74, 6) is 0.628. The van der Waals surface area contributed by atoms with Crippen LogP contribution < -0.4 is 0 Å². The van der Waals surface area contributed by atoms with Gasteiger partial charge >= 0.3 is 0 Å². The van der Waals surface area contributed by atoms with Gasteiger partial charge in [0.15, 0.2) is 0 Å². The third-order valence-corrected chi connectivity index (χ3v) is 4.81. The maximum atomic E-state index is 12.4. The lowest BCUT2D eigenvalue weighted by molar-refractivity contribution is -0.134. The molecule has 1 amide bonds. The highest BCUT2D eigenvalue weighted by Gasteiger charge is 2.22. The van der Waals surface area contributed by atoms with Crippen molar-refractivity contribution in [1.29, 1.82) is 0 Å². The minimum atomic E-state index is 0.201. The summed E-state index contributed by atoms with van der Waals surface area (Å²) in [4.78, 5) is 14.4. The average Bonchev–Trinajstić information content (AvgIpc) is 2.98. The minimum Gasteiger partial charge on any atom is -0.345 e. The second-order valence-corrected chi connectivity index (χ2v) is 7.05. The van der Waals surface area contributed by atoms with Crippen LogP contribution in [0.2, 0.25) is 5.02 Å². The molecule has 24 heavy (non-hydrogen) atoms. The van der Waals surface area contributed by atoms with Gasteiger partial charge < -0.3 is 9.47 Å². The molecule has 0 radical (unpaired) electrons.